The molecule has 0 radical (unpaired) electrons. The van der Waals surface area contributed by atoms with Crippen molar-refractivity contribution in [3.05, 3.63) is 30.3 Å². The van der Waals surface area contributed by atoms with Crippen molar-refractivity contribution in [2.24, 2.45) is 9.63 Å². The Morgan fingerprint density at radius 3 is 2.25 bits per heavy atom. The van der Waals surface area contributed by atoms with E-state index in [1.807, 2.05) is 0 Å². The maximum Gasteiger partial charge on any atom is 0.396 e. The van der Waals surface area contributed by atoms with Crippen LogP contribution in [0, 0.1) is 0 Å². The van der Waals surface area contributed by atoms with Crippen LogP contribution in [0.1, 0.15) is 0 Å². The molecule has 0 unspecified atom stereocenters. The molecule has 6 heteroatoms. The number of benzene rings is 1. The molecule has 64 valence electrons. The number of hydrogen-bond donors (Lipinski definition) is 1. The van der Waals surface area contributed by atoms with E-state index in [1.165, 1.54) is 0 Å². The second-order valence-corrected chi connectivity index (χ2v) is 3.02. The van der Waals surface area contributed by atoms with E-state index < -0.39 is 10.3 Å². The lowest BCUT2D eigenvalue weighted by molar-refractivity contribution is 0.482. The molecule has 5 nitrogen and oxygen atoms in total. The molecule has 0 aliphatic rings. The Morgan fingerprint density at radius 2 is 1.75 bits per heavy atom. The Bertz CT molecular complexity index is 371. The zero-order valence-corrected chi connectivity index (χ0v) is 6.77. The number of nitrogens with zero attached hydrogens (tertiary/aromatic N) is 2. The second-order valence-electron chi connectivity index (χ2n) is 1.97. The van der Waals surface area contributed by atoms with Gasteiger partial charge >= 0.3 is 10.3 Å². The summed E-state index contributed by atoms with van der Waals surface area (Å²) in [6.45, 7) is 0. The first-order chi connectivity index (χ1) is 5.58. The van der Waals surface area contributed by atoms with Crippen molar-refractivity contribution in [3.8, 4) is 0 Å². The van der Waals surface area contributed by atoms with E-state index in [4.69, 9.17) is 4.55 Å². The Balaban J connectivity index is 2.85. The average Bonchev–Trinajstić information content (AvgIpc) is 2.02. The summed E-state index contributed by atoms with van der Waals surface area (Å²) in [6, 6.07) is 8.24. The van der Waals surface area contributed by atoms with Crippen molar-refractivity contribution >= 4 is 16.0 Å². The lowest BCUT2D eigenvalue weighted by atomic mass is 10.3. The molecule has 0 aromatic heterocycles. The molecular weight excluding hydrogens is 180 g/mol. The lowest BCUT2D eigenvalue weighted by Crippen LogP contribution is -1.87. The van der Waals surface area contributed by atoms with Gasteiger partial charge in [0, 0.05) is 0 Å². The van der Waals surface area contributed by atoms with E-state index in [1.54, 1.807) is 30.3 Å². The van der Waals surface area contributed by atoms with Gasteiger partial charge < -0.3 is 0 Å². The van der Waals surface area contributed by atoms with Gasteiger partial charge in [-0.3, -0.25) is 4.55 Å². The van der Waals surface area contributed by atoms with E-state index in [-0.39, 0.29) is 0 Å². The summed E-state index contributed by atoms with van der Waals surface area (Å²) in [4.78, 5) is 0. The normalized spacial score (nSPS) is 12.1. The minimum absolute atomic E-state index is 0.370. The minimum Gasteiger partial charge on any atom is -0.267 e. The monoisotopic (exact) mass is 186 g/mol. The molecule has 1 N–H and O–H groups in total. The molecule has 1 rings (SSSR count). The molecule has 0 fully saturated rings. The van der Waals surface area contributed by atoms with Gasteiger partial charge in [-0.2, -0.15) is 8.42 Å². The van der Waals surface area contributed by atoms with E-state index in [2.05, 4.69) is 9.63 Å². The summed E-state index contributed by atoms with van der Waals surface area (Å²) in [7, 11) is -4.36. The lowest BCUT2D eigenvalue weighted by Gasteiger charge is -1.87. The Morgan fingerprint density at radius 1 is 1.17 bits per heavy atom. The molecule has 0 heterocycles. The fourth-order valence-corrected chi connectivity index (χ4v) is 0.791. The topological polar surface area (TPSA) is 79.1 Å². The third-order valence-electron chi connectivity index (χ3n) is 1.02. The first-order valence-electron chi connectivity index (χ1n) is 3.03. The van der Waals surface area contributed by atoms with Gasteiger partial charge in [0.15, 0.2) is 0 Å². The van der Waals surface area contributed by atoms with E-state index in [9.17, 15) is 8.42 Å². The Hall–Kier alpha value is -1.27. The molecule has 0 saturated carbocycles. The van der Waals surface area contributed by atoms with E-state index >= 15 is 0 Å². The predicted molar refractivity (Wildman–Crippen MR) is 42.5 cm³/mol. The second kappa shape index (κ2) is 3.42. The first-order valence-corrected chi connectivity index (χ1v) is 4.43. The molecule has 12 heavy (non-hydrogen) atoms. The quantitative estimate of drug-likeness (QED) is 0.562. The summed E-state index contributed by atoms with van der Waals surface area (Å²) in [5.74, 6) is 0. The summed E-state index contributed by atoms with van der Waals surface area (Å²) in [5.41, 5.74) is 0.370. The third-order valence-corrected chi connectivity index (χ3v) is 1.30. The molecular formula is C6H6N2O3S. The van der Waals surface area contributed by atoms with Crippen molar-refractivity contribution in [1.82, 2.24) is 0 Å². The van der Waals surface area contributed by atoms with Gasteiger partial charge in [0.05, 0.1) is 5.69 Å². The molecule has 0 atom stereocenters. The molecule has 0 bridgehead atoms. The molecule has 0 aliphatic carbocycles. The Kier molecular flexibility index (Phi) is 2.51. The zero-order valence-electron chi connectivity index (χ0n) is 5.95. The average molecular weight is 186 g/mol. The molecule has 0 aliphatic heterocycles. The van der Waals surface area contributed by atoms with E-state index in [0.29, 0.717) is 5.69 Å². The van der Waals surface area contributed by atoms with Crippen LogP contribution in [0.5, 0.6) is 0 Å². The van der Waals surface area contributed by atoms with Gasteiger partial charge in [-0.15, -0.1) is 5.11 Å². The van der Waals surface area contributed by atoms with Crippen LogP contribution in [-0.2, 0) is 10.3 Å². The molecule has 1 aromatic carbocycles. The summed E-state index contributed by atoms with van der Waals surface area (Å²) < 4.78 is 31.1. The van der Waals surface area contributed by atoms with Gasteiger partial charge in [0.2, 0.25) is 0 Å². The maximum absolute atomic E-state index is 10.1. The standard InChI is InChI=1S/C6H6N2O3S/c9-12(10,11)8-7-6-4-2-1-3-5-6/h1-5H,(H,9,10,11). The highest BCUT2D eigenvalue weighted by Crippen LogP contribution is 2.10. The zero-order chi connectivity index (χ0) is 9.03. The maximum atomic E-state index is 10.1. The van der Waals surface area contributed by atoms with Gasteiger partial charge in [0.1, 0.15) is 0 Å². The molecule has 0 amide bonds. The molecule has 0 saturated heterocycles. The fourth-order valence-electron chi connectivity index (χ4n) is 0.593. The Labute approximate surface area is 69.6 Å². The summed E-state index contributed by atoms with van der Waals surface area (Å²) >= 11 is 0. The van der Waals surface area contributed by atoms with Crippen molar-refractivity contribution < 1.29 is 13.0 Å². The van der Waals surface area contributed by atoms with Crippen LogP contribution in [0.15, 0.2) is 40.0 Å². The van der Waals surface area contributed by atoms with Crippen LogP contribution in [0.25, 0.3) is 0 Å². The van der Waals surface area contributed by atoms with Crippen LogP contribution in [0.4, 0.5) is 5.69 Å². The molecule has 1 aromatic rings. The summed E-state index contributed by atoms with van der Waals surface area (Å²) in [6.07, 6.45) is 0. The third kappa shape index (κ3) is 3.22. The first kappa shape index (κ1) is 8.82. The van der Waals surface area contributed by atoms with Crippen LogP contribution >= 0.6 is 0 Å². The SMILES string of the molecule is O=S(=O)(O)N=Nc1ccccc1. The van der Waals surface area contributed by atoms with Crippen LogP contribution in [0.3, 0.4) is 0 Å². The summed E-state index contributed by atoms with van der Waals surface area (Å²) in [5, 5.41) is 3.26. The van der Waals surface area contributed by atoms with Crippen molar-refractivity contribution in [3.63, 3.8) is 0 Å². The van der Waals surface area contributed by atoms with Crippen LogP contribution < -0.4 is 0 Å². The van der Waals surface area contributed by atoms with Gasteiger partial charge in [-0.05, 0) is 16.7 Å². The number of rotatable bonds is 2. The number of hydrogen-bond acceptors (Lipinski definition) is 3. The van der Waals surface area contributed by atoms with Crippen molar-refractivity contribution in [2.75, 3.05) is 0 Å². The van der Waals surface area contributed by atoms with Gasteiger partial charge in [-0.25, -0.2) is 0 Å². The fraction of sp³-hybridized carbons (Fsp3) is 0. The van der Waals surface area contributed by atoms with Gasteiger partial charge in [-0.1, -0.05) is 18.2 Å². The van der Waals surface area contributed by atoms with Gasteiger partial charge in [0.25, 0.3) is 0 Å². The predicted octanol–water partition coefficient (Wildman–Crippen LogP) is 1.57. The highest BCUT2D eigenvalue weighted by atomic mass is 32.2. The van der Waals surface area contributed by atoms with Crippen molar-refractivity contribution in [1.29, 1.82) is 0 Å². The van der Waals surface area contributed by atoms with Crippen molar-refractivity contribution in [2.45, 2.75) is 0 Å². The highest BCUT2D eigenvalue weighted by Gasteiger charge is 1.97. The highest BCUT2D eigenvalue weighted by molar-refractivity contribution is 7.84. The minimum atomic E-state index is -4.36. The largest absolute Gasteiger partial charge is 0.396 e. The van der Waals surface area contributed by atoms with Crippen LogP contribution in [0.2, 0.25) is 0 Å². The molecule has 0 spiro atoms. The van der Waals surface area contributed by atoms with Crippen LogP contribution in [-0.4, -0.2) is 13.0 Å². The van der Waals surface area contributed by atoms with E-state index in [0.717, 1.165) is 0 Å². The smallest absolute Gasteiger partial charge is 0.267 e.